The summed E-state index contributed by atoms with van der Waals surface area (Å²) in [6.07, 6.45) is 1.42. The van der Waals surface area contributed by atoms with Crippen LogP contribution in [0.3, 0.4) is 0 Å². The predicted molar refractivity (Wildman–Crippen MR) is 71.0 cm³/mol. The van der Waals surface area contributed by atoms with E-state index >= 15 is 0 Å². The smallest absolute Gasteiger partial charge is 0.239 e. The summed E-state index contributed by atoms with van der Waals surface area (Å²) in [6.45, 7) is 8.07. The molecule has 5 heteroatoms. The van der Waals surface area contributed by atoms with E-state index in [1.165, 1.54) is 0 Å². The van der Waals surface area contributed by atoms with Gasteiger partial charge in [0.15, 0.2) is 0 Å². The molecule has 18 heavy (non-hydrogen) atoms. The molecule has 0 heterocycles. The Balaban J connectivity index is 3.74. The Bertz CT molecular complexity index is 272. The van der Waals surface area contributed by atoms with Gasteiger partial charge in [0.2, 0.25) is 11.8 Å². The Morgan fingerprint density at radius 2 is 1.78 bits per heavy atom. The van der Waals surface area contributed by atoms with E-state index in [-0.39, 0.29) is 30.3 Å². The van der Waals surface area contributed by atoms with Gasteiger partial charge in [-0.2, -0.15) is 0 Å². The van der Waals surface area contributed by atoms with Crippen molar-refractivity contribution >= 4 is 11.8 Å². The van der Waals surface area contributed by atoms with Crippen LogP contribution in [0.25, 0.3) is 0 Å². The second-order valence-electron chi connectivity index (χ2n) is 5.76. The largest absolute Gasteiger partial charge is 0.391 e. The lowest BCUT2D eigenvalue weighted by Crippen LogP contribution is -2.40. The zero-order chi connectivity index (χ0) is 14.2. The Hall–Kier alpha value is -1.10. The molecule has 0 radical (unpaired) electrons. The van der Waals surface area contributed by atoms with E-state index in [4.69, 9.17) is 0 Å². The van der Waals surface area contributed by atoms with Crippen LogP contribution in [-0.2, 0) is 9.59 Å². The third kappa shape index (κ3) is 10.1. The quantitative estimate of drug-likeness (QED) is 0.632. The van der Waals surface area contributed by atoms with E-state index in [9.17, 15) is 14.7 Å². The fourth-order valence-corrected chi connectivity index (χ4v) is 1.45. The number of amides is 2. The summed E-state index contributed by atoms with van der Waals surface area (Å²) in [5.74, 6) is -0.404. The van der Waals surface area contributed by atoms with Crippen LogP contribution in [0.5, 0.6) is 0 Å². The lowest BCUT2D eigenvalue weighted by Gasteiger charge is -2.17. The molecule has 106 valence electrons. The van der Waals surface area contributed by atoms with E-state index in [2.05, 4.69) is 10.6 Å². The van der Waals surface area contributed by atoms with E-state index in [1.807, 2.05) is 27.7 Å². The Morgan fingerprint density at radius 3 is 2.28 bits per heavy atom. The van der Waals surface area contributed by atoms with Gasteiger partial charge in [0.1, 0.15) is 0 Å². The first-order valence-corrected chi connectivity index (χ1v) is 6.46. The third-order valence-corrected chi connectivity index (χ3v) is 2.29. The van der Waals surface area contributed by atoms with E-state index in [0.29, 0.717) is 12.8 Å². The van der Waals surface area contributed by atoms with Crippen molar-refractivity contribution in [3.05, 3.63) is 0 Å². The van der Waals surface area contributed by atoms with Crippen LogP contribution in [-0.4, -0.2) is 36.1 Å². The Labute approximate surface area is 109 Å². The zero-order valence-electron chi connectivity index (χ0n) is 11.9. The molecule has 0 aliphatic carbocycles. The monoisotopic (exact) mass is 258 g/mol. The average molecular weight is 258 g/mol. The summed E-state index contributed by atoms with van der Waals surface area (Å²) >= 11 is 0. The van der Waals surface area contributed by atoms with Crippen molar-refractivity contribution in [2.75, 3.05) is 13.1 Å². The van der Waals surface area contributed by atoms with E-state index in [1.54, 1.807) is 0 Å². The van der Waals surface area contributed by atoms with Gasteiger partial charge in [0.25, 0.3) is 0 Å². The van der Waals surface area contributed by atoms with Crippen LogP contribution in [0.4, 0.5) is 0 Å². The van der Waals surface area contributed by atoms with Crippen LogP contribution < -0.4 is 10.6 Å². The molecule has 3 N–H and O–H groups in total. The predicted octanol–water partition coefficient (Wildman–Crippen LogP) is 0.816. The number of hydrogen-bond donors (Lipinski definition) is 3. The third-order valence-electron chi connectivity index (χ3n) is 2.29. The molecule has 0 fully saturated rings. The zero-order valence-corrected chi connectivity index (χ0v) is 11.9. The molecule has 2 amide bonds. The molecule has 0 aliphatic rings. The molecule has 0 aliphatic heterocycles. The Kier molecular flexibility index (Phi) is 7.59. The van der Waals surface area contributed by atoms with Gasteiger partial charge in [-0.3, -0.25) is 9.59 Å². The van der Waals surface area contributed by atoms with Crippen molar-refractivity contribution in [1.82, 2.24) is 10.6 Å². The molecule has 0 spiro atoms. The highest BCUT2D eigenvalue weighted by atomic mass is 16.3. The number of carbonyl (C=O) groups excluding carboxylic acids is 2. The molecule has 0 rings (SSSR count). The van der Waals surface area contributed by atoms with Gasteiger partial charge < -0.3 is 15.7 Å². The number of rotatable bonds is 7. The van der Waals surface area contributed by atoms with Crippen molar-refractivity contribution in [3.8, 4) is 0 Å². The number of carbonyl (C=O) groups is 2. The minimum absolute atomic E-state index is 0.0340. The van der Waals surface area contributed by atoms with Gasteiger partial charge in [0.05, 0.1) is 12.6 Å². The molecular weight excluding hydrogens is 232 g/mol. The van der Waals surface area contributed by atoms with Crippen LogP contribution in [0.2, 0.25) is 0 Å². The molecule has 0 saturated carbocycles. The van der Waals surface area contributed by atoms with Gasteiger partial charge in [-0.15, -0.1) is 0 Å². The molecular formula is C13H26N2O3. The summed E-state index contributed by atoms with van der Waals surface area (Å²) in [5, 5.41) is 14.6. The summed E-state index contributed by atoms with van der Waals surface area (Å²) in [4.78, 5) is 22.8. The maximum atomic E-state index is 11.5. The van der Waals surface area contributed by atoms with Gasteiger partial charge in [0, 0.05) is 13.0 Å². The fraction of sp³-hybridized carbons (Fsp3) is 0.846. The maximum Gasteiger partial charge on any atom is 0.239 e. The second kappa shape index (κ2) is 8.08. The topological polar surface area (TPSA) is 78.4 Å². The summed E-state index contributed by atoms with van der Waals surface area (Å²) in [5.41, 5.74) is -0.0854. The van der Waals surface area contributed by atoms with E-state index < -0.39 is 6.10 Å². The summed E-state index contributed by atoms with van der Waals surface area (Å²) in [7, 11) is 0. The normalized spacial score (nSPS) is 12.9. The number of hydrogen-bond acceptors (Lipinski definition) is 3. The molecule has 0 aromatic rings. The first kappa shape index (κ1) is 16.9. The molecule has 0 aromatic carbocycles. The molecule has 1 unspecified atom stereocenters. The van der Waals surface area contributed by atoms with Crippen molar-refractivity contribution in [2.45, 2.75) is 53.1 Å². The Morgan fingerprint density at radius 1 is 1.17 bits per heavy atom. The maximum absolute atomic E-state index is 11.5. The van der Waals surface area contributed by atoms with Gasteiger partial charge in [-0.1, -0.05) is 34.1 Å². The highest BCUT2D eigenvalue weighted by Crippen LogP contribution is 2.17. The number of nitrogens with one attached hydrogen (secondary N) is 2. The first-order valence-electron chi connectivity index (χ1n) is 6.46. The molecule has 0 bridgehead atoms. The molecule has 0 saturated heterocycles. The molecule has 5 nitrogen and oxygen atoms in total. The van der Waals surface area contributed by atoms with Gasteiger partial charge in [-0.25, -0.2) is 0 Å². The van der Waals surface area contributed by atoms with Crippen LogP contribution in [0, 0.1) is 5.41 Å². The van der Waals surface area contributed by atoms with E-state index in [0.717, 1.165) is 6.42 Å². The highest BCUT2D eigenvalue weighted by molar-refractivity contribution is 5.84. The number of aliphatic hydroxyl groups is 1. The molecule has 0 aromatic heterocycles. The highest BCUT2D eigenvalue weighted by Gasteiger charge is 2.16. The first-order chi connectivity index (χ1) is 8.24. The number of aliphatic hydroxyl groups excluding tert-OH is 1. The van der Waals surface area contributed by atoms with Gasteiger partial charge in [-0.05, 0) is 11.8 Å². The minimum atomic E-state index is -0.510. The lowest BCUT2D eigenvalue weighted by atomic mass is 9.92. The van der Waals surface area contributed by atoms with Gasteiger partial charge >= 0.3 is 0 Å². The average Bonchev–Trinajstić information content (AvgIpc) is 2.21. The lowest BCUT2D eigenvalue weighted by molar-refractivity contribution is -0.127. The summed E-state index contributed by atoms with van der Waals surface area (Å²) < 4.78 is 0. The van der Waals surface area contributed by atoms with Crippen molar-refractivity contribution in [2.24, 2.45) is 5.41 Å². The summed E-state index contributed by atoms with van der Waals surface area (Å²) in [6, 6.07) is 0. The van der Waals surface area contributed by atoms with Crippen LogP contribution in [0.15, 0.2) is 0 Å². The van der Waals surface area contributed by atoms with Crippen LogP contribution >= 0.6 is 0 Å². The minimum Gasteiger partial charge on any atom is -0.391 e. The van der Waals surface area contributed by atoms with Crippen LogP contribution in [0.1, 0.15) is 47.0 Å². The molecule has 1 atom stereocenters. The van der Waals surface area contributed by atoms with Crippen molar-refractivity contribution < 1.29 is 14.7 Å². The standard InChI is InChI=1S/C13H26N2O3/c1-5-6-10(16)8-14-12(18)9-15-11(17)7-13(2,3)4/h10,16H,5-9H2,1-4H3,(H,14,18)(H,15,17). The van der Waals surface area contributed by atoms with Crippen molar-refractivity contribution in [3.63, 3.8) is 0 Å². The second-order valence-corrected chi connectivity index (χ2v) is 5.76. The van der Waals surface area contributed by atoms with Crippen molar-refractivity contribution in [1.29, 1.82) is 0 Å². The fourth-order valence-electron chi connectivity index (χ4n) is 1.45. The SMILES string of the molecule is CCCC(O)CNC(=O)CNC(=O)CC(C)(C)C.